The van der Waals surface area contributed by atoms with Gasteiger partial charge in [0, 0.05) is 6.54 Å². The van der Waals surface area contributed by atoms with E-state index in [9.17, 15) is 4.79 Å². The lowest BCUT2D eigenvalue weighted by Crippen LogP contribution is -2.09. The van der Waals surface area contributed by atoms with Gasteiger partial charge >= 0.3 is 0 Å². The summed E-state index contributed by atoms with van der Waals surface area (Å²) in [6.07, 6.45) is 2.50. The number of Topliss-reactive ketones (excluding diaryl/α,β-unsaturated/α-hetero) is 1. The summed E-state index contributed by atoms with van der Waals surface area (Å²) in [5.74, 6) is 0.726. The topological polar surface area (TPSA) is 48.0 Å². The van der Waals surface area contributed by atoms with Gasteiger partial charge in [-0.25, -0.2) is 0 Å². The summed E-state index contributed by atoms with van der Waals surface area (Å²) < 4.78 is 6.96. The Hall–Kier alpha value is -1.55. The third-order valence-corrected chi connectivity index (χ3v) is 3.51. The van der Waals surface area contributed by atoms with Crippen LogP contribution in [-0.4, -0.2) is 15.6 Å². The molecular formula is C14H17ClN2O2. The summed E-state index contributed by atoms with van der Waals surface area (Å²) in [4.78, 5) is 12.2. The lowest BCUT2D eigenvalue weighted by Gasteiger charge is -2.03. The van der Waals surface area contributed by atoms with Crippen LogP contribution in [0, 0.1) is 6.92 Å². The summed E-state index contributed by atoms with van der Waals surface area (Å²) >= 11 is 6.29. The van der Waals surface area contributed by atoms with Crippen molar-refractivity contribution in [2.45, 2.75) is 40.2 Å². The molecule has 0 bridgehead atoms. The van der Waals surface area contributed by atoms with Gasteiger partial charge in [-0.1, -0.05) is 18.5 Å². The number of aromatic nitrogens is 2. The molecule has 2 aromatic rings. The fourth-order valence-electron chi connectivity index (χ4n) is 2.03. The van der Waals surface area contributed by atoms with E-state index in [4.69, 9.17) is 16.0 Å². The second-order valence-electron chi connectivity index (χ2n) is 4.42. The smallest absolute Gasteiger partial charge is 0.172 e. The second-order valence-corrected chi connectivity index (χ2v) is 4.80. The van der Waals surface area contributed by atoms with Gasteiger partial charge in [-0.05, 0) is 26.3 Å². The molecule has 0 aliphatic heterocycles. The predicted molar refractivity (Wildman–Crippen MR) is 73.8 cm³/mol. The Labute approximate surface area is 117 Å². The average molecular weight is 281 g/mol. The van der Waals surface area contributed by atoms with Gasteiger partial charge in [-0.3, -0.25) is 9.48 Å². The van der Waals surface area contributed by atoms with Gasteiger partial charge < -0.3 is 4.42 Å². The largest absolute Gasteiger partial charge is 0.469 e. The zero-order valence-electron chi connectivity index (χ0n) is 11.4. The Morgan fingerprint density at radius 3 is 2.74 bits per heavy atom. The van der Waals surface area contributed by atoms with Gasteiger partial charge in [-0.15, -0.1) is 0 Å². The number of aryl methyl sites for hydroxylation is 3. The Morgan fingerprint density at radius 2 is 2.21 bits per heavy atom. The molecule has 4 nitrogen and oxygen atoms in total. The quantitative estimate of drug-likeness (QED) is 0.788. The van der Waals surface area contributed by atoms with Crippen LogP contribution in [-0.2, 0) is 19.4 Å². The highest BCUT2D eigenvalue weighted by Crippen LogP contribution is 2.23. The fraction of sp³-hybridized carbons (Fsp3) is 0.429. The maximum atomic E-state index is 12.2. The molecule has 0 saturated heterocycles. The predicted octanol–water partition coefficient (Wildman–Crippen LogP) is 3.45. The van der Waals surface area contributed by atoms with Crippen molar-refractivity contribution in [3.8, 4) is 0 Å². The molecular weight excluding hydrogens is 264 g/mol. The highest BCUT2D eigenvalue weighted by Gasteiger charge is 2.18. The number of hydrogen-bond donors (Lipinski definition) is 0. The molecule has 19 heavy (non-hydrogen) atoms. The summed E-state index contributed by atoms with van der Waals surface area (Å²) in [6.45, 7) is 6.50. The molecule has 0 aliphatic rings. The van der Waals surface area contributed by atoms with Crippen LogP contribution in [0.25, 0.3) is 0 Å². The van der Waals surface area contributed by atoms with Gasteiger partial charge in [0.1, 0.15) is 12.0 Å². The minimum absolute atomic E-state index is 0.00370. The van der Waals surface area contributed by atoms with Crippen molar-refractivity contribution in [3.05, 3.63) is 40.1 Å². The molecule has 0 spiro atoms. The summed E-state index contributed by atoms with van der Waals surface area (Å²) in [5, 5.41) is 5.02. The van der Waals surface area contributed by atoms with Crippen LogP contribution in [0.1, 0.15) is 41.4 Å². The highest BCUT2D eigenvalue weighted by molar-refractivity contribution is 6.32. The first kappa shape index (κ1) is 13.9. The van der Waals surface area contributed by atoms with E-state index >= 15 is 0 Å². The third kappa shape index (κ3) is 2.73. The molecule has 0 aliphatic carbocycles. The molecule has 0 fully saturated rings. The van der Waals surface area contributed by atoms with Gasteiger partial charge in [-0.2, -0.15) is 5.10 Å². The number of carbonyl (C=O) groups excluding carboxylic acids is 1. The van der Waals surface area contributed by atoms with E-state index in [1.165, 1.54) is 6.26 Å². The van der Waals surface area contributed by atoms with Gasteiger partial charge in [0.15, 0.2) is 5.78 Å². The second kappa shape index (κ2) is 5.61. The number of halogens is 1. The standard InChI is InChI=1S/C14H17ClN2O2/c1-4-11-14(15)12(17(5-2)16-11)7-13(18)10-6-9(3)19-8-10/h6,8H,4-5,7H2,1-3H3. The maximum absolute atomic E-state index is 12.2. The molecule has 2 heterocycles. The van der Waals surface area contributed by atoms with Crippen molar-refractivity contribution >= 4 is 17.4 Å². The van der Waals surface area contributed by atoms with Crippen LogP contribution in [0.2, 0.25) is 5.02 Å². The van der Waals surface area contributed by atoms with Crippen LogP contribution in [0.4, 0.5) is 0 Å². The van der Waals surface area contributed by atoms with E-state index in [1.54, 1.807) is 10.7 Å². The van der Waals surface area contributed by atoms with Crippen molar-refractivity contribution < 1.29 is 9.21 Å². The first-order valence-electron chi connectivity index (χ1n) is 6.39. The van der Waals surface area contributed by atoms with Crippen molar-refractivity contribution in [1.29, 1.82) is 0 Å². The van der Waals surface area contributed by atoms with Gasteiger partial charge in [0.25, 0.3) is 0 Å². The molecule has 0 radical (unpaired) electrons. The molecule has 0 saturated carbocycles. The Kier molecular flexibility index (Phi) is 4.10. The Morgan fingerprint density at radius 1 is 1.47 bits per heavy atom. The molecule has 0 unspecified atom stereocenters. The molecule has 0 N–H and O–H groups in total. The Bertz CT molecular complexity index is 599. The lowest BCUT2D eigenvalue weighted by molar-refractivity contribution is 0.0990. The number of rotatable bonds is 5. The Balaban J connectivity index is 2.28. The zero-order chi connectivity index (χ0) is 14.0. The van der Waals surface area contributed by atoms with Gasteiger partial charge in [0.05, 0.1) is 28.4 Å². The maximum Gasteiger partial charge on any atom is 0.172 e. The van der Waals surface area contributed by atoms with Crippen LogP contribution in [0.3, 0.4) is 0 Å². The van der Waals surface area contributed by atoms with E-state index in [0.717, 1.165) is 23.6 Å². The van der Waals surface area contributed by atoms with Crippen molar-refractivity contribution in [2.75, 3.05) is 0 Å². The number of hydrogen-bond acceptors (Lipinski definition) is 3. The van der Waals surface area contributed by atoms with E-state index < -0.39 is 0 Å². The first-order valence-corrected chi connectivity index (χ1v) is 6.77. The number of carbonyl (C=O) groups is 1. The van der Waals surface area contributed by atoms with Crippen LogP contribution in [0.5, 0.6) is 0 Å². The number of ketones is 1. The highest BCUT2D eigenvalue weighted by atomic mass is 35.5. The normalized spacial score (nSPS) is 10.9. The van der Waals surface area contributed by atoms with Crippen LogP contribution in [0.15, 0.2) is 16.7 Å². The molecule has 0 atom stereocenters. The van der Waals surface area contributed by atoms with E-state index in [-0.39, 0.29) is 12.2 Å². The SMILES string of the molecule is CCc1nn(CC)c(CC(=O)c2coc(C)c2)c1Cl. The minimum atomic E-state index is -0.00370. The minimum Gasteiger partial charge on any atom is -0.469 e. The summed E-state index contributed by atoms with van der Waals surface area (Å²) in [6, 6.07) is 1.74. The number of nitrogens with zero attached hydrogens (tertiary/aromatic N) is 2. The lowest BCUT2D eigenvalue weighted by atomic mass is 10.1. The summed E-state index contributed by atoms with van der Waals surface area (Å²) in [5.41, 5.74) is 2.20. The van der Waals surface area contributed by atoms with Crippen molar-refractivity contribution in [1.82, 2.24) is 9.78 Å². The average Bonchev–Trinajstić information content (AvgIpc) is 2.95. The van der Waals surface area contributed by atoms with Crippen molar-refractivity contribution in [3.63, 3.8) is 0 Å². The summed E-state index contributed by atoms with van der Waals surface area (Å²) in [7, 11) is 0. The molecule has 2 aromatic heterocycles. The third-order valence-electron chi connectivity index (χ3n) is 3.07. The van der Waals surface area contributed by atoms with E-state index in [2.05, 4.69) is 5.10 Å². The van der Waals surface area contributed by atoms with Crippen LogP contribution >= 0.6 is 11.6 Å². The molecule has 2 rings (SSSR count). The van der Waals surface area contributed by atoms with Crippen LogP contribution < -0.4 is 0 Å². The van der Waals surface area contributed by atoms with Crippen molar-refractivity contribution in [2.24, 2.45) is 0 Å². The first-order chi connectivity index (χ1) is 9.06. The molecule has 5 heteroatoms. The monoisotopic (exact) mass is 280 g/mol. The number of furan rings is 1. The molecule has 0 amide bonds. The van der Waals surface area contributed by atoms with E-state index in [1.807, 2.05) is 20.8 Å². The molecule has 0 aromatic carbocycles. The zero-order valence-corrected chi connectivity index (χ0v) is 12.1. The van der Waals surface area contributed by atoms with E-state index in [0.29, 0.717) is 17.1 Å². The van der Waals surface area contributed by atoms with Gasteiger partial charge in [0.2, 0.25) is 0 Å². The fourth-order valence-corrected chi connectivity index (χ4v) is 2.37. The molecule has 102 valence electrons.